The van der Waals surface area contributed by atoms with Gasteiger partial charge in [-0.25, -0.2) is 13.2 Å². The molecule has 2 N–H and O–H groups in total. The Morgan fingerprint density at radius 3 is 2.74 bits per heavy atom. The zero-order chi connectivity index (χ0) is 17.2. The molecule has 0 atom stereocenters. The Morgan fingerprint density at radius 2 is 2.09 bits per heavy atom. The fourth-order valence-electron chi connectivity index (χ4n) is 1.55. The minimum absolute atomic E-state index is 0.303. The predicted molar refractivity (Wildman–Crippen MR) is 77.8 cm³/mol. The summed E-state index contributed by atoms with van der Waals surface area (Å²) in [4.78, 5) is 11.7. The average Bonchev–Trinajstić information content (AvgIpc) is 2.55. The summed E-state index contributed by atoms with van der Waals surface area (Å²) in [7, 11) is 0. The molecule has 0 aromatic heterocycles. The number of carbonyl (C=O) groups is 1. The van der Waals surface area contributed by atoms with Crippen LogP contribution in [0.5, 0.6) is 0 Å². The van der Waals surface area contributed by atoms with Crippen LogP contribution in [0.4, 0.5) is 18.9 Å². The molecule has 1 amide bonds. The van der Waals surface area contributed by atoms with E-state index in [1.807, 2.05) is 6.92 Å². The summed E-state index contributed by atoms with van der Waals surface area (Å²) in [5.74, 6) is -5.07. The lowest BCUT2D eigenvalue weighted by molar-refractivity contribution is -0.117. The largest absolute Gasteiger partial charge is 0.382 e. The molecule has 23 heavy (non-hydrogen) atoms. The third-order valence-corrected chi connectivity index (χ3v) is 2.73. The van der Waals surface area contributed by atoms with Gasteiger partial charge in [0.15, 0.2) is 17.5 Å². The molecule has 1 aromatic rings. The first kappa shape index (κ1) is 18.5. The number of ether oxygens (including phenoxy) is 1. The van der Waals surface area contributed by atoms with Crippen molar-refractivity contribution in [3.05, 3.63) is 41.4 Å². The van der Waals surface area contributed by atoms with Crippen molar-refractivity contribution in [1.82, 2.24) is 5.32 Å². The van der Waals surface area contributed by atoms with Crippen molar-refractivity contribution in [2.45, 2.75) is 13.3 Å². The second-order valence-corrected chi connectivity index (χ2v) is 4.34. The molecule has 0 spiro atoms. The van der Waals surface area contributed by atoms with E-state index in [1.54, 1.807) is 6.07 Å². The summed E-state index contributed by atoms with van der Waals surface area (Å²) in [5.41, 5.74) is -0.716. The van der Waals surface area contributed by atoms with Crippen molar-refractivity contribution < 1.29 is 22.7 Å². The van der Waals surface area contributed by atoms with Crippen molar-refractivity contribution in [2.24, 2.45) is 0 Å². The Kier molecular flexibility index (Phi) is 7.63. The number of hydrogen-bond acceptors (Lipinski definition) is 4. The SMILES string of the molecule is CCOCCCNC(=O)/C(C#N)=C\Nc1ccc(F)c(F)c1F. The summed E-state index contributed by atoms with van der Waals surface area (Å²) >= 11 is 0. The topological polar surface area (TPSA) is 74.1 Å². The van der Waals surface area contributed by atoms with Crippen molar-refractivity contribution in [2.75, 3.05) is 25.1 Å². The predicted octanol–water partition coefficient (Wildman–Crippen LogP) is 2.47. The maximum absolute atomic E-state index is 13.4. The van der Waals surface area contributed by atoms with Gasteiger partial charge in [0.1, 0.15) is 11.6 Å². The lowest BCUT2D eigenvalue weighted by atomic mass is 10.2. The zero-order valence-electron chi connectivity index (χ0n) is 12.5. The molecule has 0 saturated carbocycles. The molecule has 0 saturated heterocycles. The minimum atomic E-state index is -1.64. The monoisotopic (exact) mass is 327 g/mol. The number of nitriles is 1. The van der Waals surface area contributed by atoms with E-state index in [4.69, 9.17) is 10.00 Å². The molecule has 5 nitrogen and oxygen atoms in total. The Morgan fingerprint density at radius 1 is 1.35 bits per heavy atom. The first-order chi connectivity index (χ1) is 11.0. The maximum atomic E-state index is 13.4. The van der Waals surface area contributed by atoms with Crippen LogP contribution < -0.4 is 10.6 Å². The van der Waals surface area contributed by atoms with Gasteiger partial charge in [-0.15, -0.1) is 0 Å². The van der Waals surface area contributed by atoms with Gasteiger partial charge in [-0.1, -0.05) is 0 Å². The molecule has 0 radical (unpaired) electrons. The molecule has 124 valence electrons. The van der Waals surface area contributed by atoms with Gasteiger partial charge < -0.3 is 15.4 Å². The number of carbonyl (C=O) groups excluding carboxylic acids is 1. The first-order valence-corrected chi connectivity index (χ1v) is 6.87. The summed E-state index contributed by atoms with van der Waals surface area (Å²) in [6.45, 7) is 3.19. The fraction of sp³-hybridized carbons (Fsp3) is 0.333. The Bertz CT molecular complexity index is 627. The maximum Gasteiger partial charge on any atom is 0.263 e. The normalized spacial score (nSPS) is 11.0. The molecule has 1 rings (SSSR count). The number of hydrogen-bond donors (Lipinski definition) is 2. The highest BCUT2D eigenvalue weighted by molar-refractivity contribution is 5.97. The molecule has 0 aliphatic carbocycles. The van der Waals surface area contributed by atoms with Gasteiger partial charge in [0.05, 0.1) is 5.69 Å². The summed E-state index contributed by atoms with van der Waals surface area (Å²) < 4.78 is 44.4. The highest BCUT2D eigenvalue weighted by Gasteiger charge is 2.13. The molecule has 1 aromatic carbocycles. The van der Waals surface area contributed by atoms with E-state index in [2.05, 4.69) is 10.6 Å². The van der Waals surface area contributed by atoms with Crippen LogP contribution in [0.2, 0.25) is 0 Å². The fourth-order valence-corrected chi connectivity index (χ4v) is 1.55. The Labute approximate surface area is 131 Å². The van der Waals surface area contributed by atoms with Crippen molar-refractivity contribution in [3.63, 3.8) is 0 Å². The summed E-state index contributed by atoms with van der Waals surface area (Å²) in [5, 5.41) is 13.7. The molecular formula is C15H16F3N3O2. The van der Waals surface area contributed by atoms with Crippen LogP contribution in [0.15, 0.2) is 23.9 Å². The lowest BCUT2D eigenvalue weighted by Gasteiger charge is -2.06. The van der Waals surface area contributed by atoms with E-state index < -0.39 is 23.4 Å². The lowest BCUT2D eigenvalue weighted by Crippen LogP contribution is -2.26. The number of halogens is 3. The number of benzene rings is 1. The molecule has 0 heterocycles. The van der Waals surface area contributed by atoms with Crippen molar-refractivity contribution >= 4 is 11.6 Å². The summed E-state index contributed by atoms with van der Waals surface area (Å²) in [6.07, 6.45) is 1.50. The number of nitrogens with one attached hydrogen (secondary N) is 2. The summed E-state index contributed by atoms with van der Waals surface area (Å²) in [6, 6.07) is 3.32. The van der Waals surface area contributed by atoms with Gasteiger partial charge in [-0.3, -0.25) is 4.79 Å². The average molecular weight is 327 g/mol. The van der Waals surface area contributed by atoms with E-state index in [9.17, 15) is 18.0 Å². The van der Waals surface area contributed by atoms with E-state index in [0.717, 1.165) is 18.3 Å². The van der Waals surface area contributed by atoms with E-state index >= 15 is 0 Å². The van der Waals surface area contributed by atoms with Gasteiger partial charge in [-0.05, 0) is 25.5 Å². The van der Waals surface area contributed by atoms with Crippen molar-refractivity contribution in [3.8, 4) is 6.07 Å². The van der Waals surface area contributed by atoms with Gasteiger partial charge in [0.2, 0.25) is 0 Å². The van der Waals surface area contributed by atoms with Crippen LogP contribution in [0.3, 0.4) is 0 Å². The zero-order valence-corrected chi connectivity index (χ0v) is 12.5. The van der Waals surface area contributed by atoms with E-state index in [-0.39, 0.29) is 11.3 Å². The smallest absolute Gasteiger partial charge is 0.263 e. The Hall–Kier alpha value is -2.53. The van der Waals surface area contributed by atoms with E-state index in [1.165, 1.54) is 0 Å². The standard InChI is InChI=1S/C15H16F3N3O2/c1-2-23-7-3-6-20-15(22)10(8-19)9-21-12-5-4-11(16)13(17)14(12)18/h4-5,9,21H,2-3,6-7H2,1H3,(H,20,22)/b10-9-. The third-order valence-electron chi connectivity index (χ3n) is 2.73. The van der Waals surface area contributed by atoms with Crippen LogP contribution >= 0.6 is 0 Å². The second kappa shape index (κ2) is 9.48. The molecular weight excluding hydrogens is 311 g/mol. The molecule has 0 aliphatic heterocycles. The van der Waals surface area contributed by atoms with Crippen LogP contribution in [0.25, 0.3) is 0 Å². The van der Waals surface area contributed by atoms with Gasteiger partial charge in [0, 0.05) is 26.0 Å². The van der Waals surface area contributed by atoms with E-state index in [0.29, 0.717) is 26.2 Å². The highest BCUT2D eigenvalue weighted by Crippen LogP contribution is 2.19. The Balaban J connectivity index is 2.64. The van der Waals surface area contributed by atoms with Crippen LogP contribution in [0, 0.1) is 28.8 Å². The number of amides is 1. The first-order valence-electron chi connectivity index (χ1n) is 6.87. The van der Waals surface area contributed by atoms with Crippen LogP contribution in [0.1, 0.15) is 13.3 Å². The molecule has 0 bridgehead atoms. The molecule has 8 heteroatoms. The number of rotatable bonds is 8. The van der Waals surface area contributed by atoms with Crippen molar-refractivity contribution in [1.29, 1.82) is 5.26 Å². The van der Waals surface area contributed by atoms with Crippen LogP contribution in [-0.2, 0) is 9.53 Å². The molecule has 0 aliphatic rings. The highest BCUT2D eigenvalue weighted by atomic mass is 19.2. The quantitative estimate of drug-likeness (QED) is 0.333. The number of anilines is 1. The van der Waals surface area contributed by atoms with Gasteiger partial charge in [0.25, 0.3) is 5.91 Å². The number of nitrogens with zero attached hydrogens (tertiary/aromatic N) is 1. The minimum Gasteiger partial charge on any atom is -0.382 e. The van der Waals surface area contributed by atoms with Gasteiger partial charge in [-0.2, -0.15) is 5.26 Å². The molecule has 0 unspecified atom stereocenters. The van der Waals surface area contributed by atoms with Crippen LogP contribution in [-0.4, -0.2) is 25.7 Å². The second-order valence-electron chi connectivity index (χ2n) is 4.34. The molecule has 0 fully saturated rings. The van der Waals surface area contributed by atoms with Gasteiger partial charge >= 0.3 is 0 Å². The third kappa shape index (κ3) is 5.64.